The molecule has 0 radical (unpaired) electrons. The highest BCUT2D eigenvalue weighted by Gasteiger charge is 2.17. The fourth-order valence-corrected chi connectivity index (χ4v) is 4.71. The monoisotopic (exact) mass is 452 g/mol. The van der Waals surface area contributed by atoms with Crippen molar-refractivity contribution in [3.05, 3.63) is 88.5 Å². The molecule has 5 heteroatoms. The Kier molecular flexibility index (Phi) is 9.33. The van der Waals surface area contributed by atoms with E-state index in [0.29, 0.717) is 4.90 Å². The number of nitrogen functional groups attached to an aromatic ring is 1. The lowest BCUT2D eigenvalue weighted by molar-refractivity contribution is 0.601. The average Bonchev–Trinajstić information content (AvgIpc) is 2.80. The molecule has 0 heterocycles. The molecule has 0 spiro atoms. The van der Waals surface area contributed by atoms with Gasteiger partial charge in [0.2, 0.25) is 0 Å². The Labute approximate surface area is 193 Å². The van der Waals surface area contributed by atoms with Crippen molar-refractivity contribution in [2.75, 3.05) is 10.5 Å². The van der Waals surface area contributed by atoms with Crippen LogP contribution in [0.5, 0.6) is 0 Å². The van der Waals surface area contributed by atoms with Crippen LogP contribution in [0.3, 0.4) is 0 Å². The summed E-state index contributed by atoms with van der Waals surface area (Å²) in [5, 5.41) is 0. The second kappa shape index (κ2) is 11.7. The van der Waals surface area contributed by atoms with E-state index in [0.717, 1.165) is 53.7 Å². The summed E-state index contributed by atoms with van der Waals surface area (Å²) < 4.78 is 27.8. The lowest BCUT2D eigenvalue weighted by Gasteiger charge is -2.15. The molecule has 0 saturated carbocycles. The van der Waals surface area contributed by atoms with Crippen molar-refractivity contribution in [1.82, 2.24) is 0 Å². The van der Waals surface area contributed by atoms with Crippen molar-refractivity contribution in [3.8, 4) is 0 Å². The van der Waals surface area contributed by atoms with E-state index in [1.807, 2.05) is 39.0 Å². The smallest absolute Gasteiger partial charge is 0.261 e. The first kappa shape index (κ1) is 25.5. The molecule has 0 atom stereocenters. The molecule has 3 aromatic carbocycles. The fourth-order valence-electron chi connectivity index (χ4n) is 3.57. The van der Waals surface area contributed by atoms with Gasteiger partial charge in [-0.05, 0) is 67.0 Å². The van der Waals surface area contributed by atoms with Gasteiger partial charge in [-0.1, -0.05) is 81.8 Å². The van der Waals surface area contributed by atoms with Gasteiger partial charge in [0.15, 0.2) is 0 Å². The minimum Gasteiger partial charge on any atom is -0.398 e. The predicted octanol–water partition coefficient (Wildman–Crippen LogP) is 6.31. The third-order valence-electron chi connectivity index (χ3n) is 5.62. The molecule has 32 heavy (non-hydrogen) atoms. The molecule has 0 amide bonds. The van der Waals surface area contributed by atoms with Crippen LogP contribution < -0.4 is 10.5 Å². The van der Waals surface area contributed by atoms with Gasteiger partial charge in [-0.3, -0.25) is 4.72 Å². The molecule has 0 fully saturated rings. The second-order valence-corrected chi connectivity index (χ2v) is 9.46. The predicted molar refractivity (Wildman–Crippen MR) is 137 cm³/mol. The number of anilines is 2. The molecule has 0 aliphatic rings. The lowest BCUT2D eigenvalue weighted by Crippen LogP contribution is -2.15. The van der Waals surface area contributed by atoms with Crippen LogP contribution in [0.25, 0.3) is 0 Å². The van der Waals surface area contributed by atoms with E-state index in [2.05, 4.69) is 36.8 Å². The zero-order chi connectivity index (χ0) is 23.7. The number of benzene rings is 3. The number of aryl methyl sites for hydroxylation is 5. The highest BCUT2D eigenvalue weighted by atomic mass is 32.2. The standard InChI is InChI=1S/C17H21NO2S.C10H15N/c1-4-14-7-6-8-15(5-2)17(14)18-21(19,20)16-11-9-13(3)10-12-16;1-3-8-6-5-7-9(4-2)10(8)11/h6-12,18H,4-5H2,1-3H3;5-7H,3-4,11H2,1-2H3. The minimum atomic E-state index is -3.55. The molecular weight excluding hydrogens is 416 g/mol. The Morgan fingerprint density at radius 2 is 1.09 bits per heavy atom. The van der Waals surface area contributed by atoms with Gasteiger partial charge in [0.25, 0.3) is 10.0 Å². The van der Waals surface area contributed by atoms with Gasteiger partial charge in [-0.15, -0.1) is 0 Å². The van der Waals surface area contributed by atoms with Crippen LogP contribution in [-0.4, -0.2) is 8.42 Å². The van der Waals surface area contributed by atoms with Gasteiger partial charge < -0.3 is 5.73 Å². The quantitative estimate of drug-likeness (QED) is 0.412. The van der Waals surface area contributed by atoms with Crippen LogP contribution in [0, 0.1) is 6.92 Å². The second-order valence-electron chi connectivity index (χ2n) is 7.77. The molecule has 0 aliphatic carbocycles. The van der Waals surface area contributed by atoms with E-state index in [-0.39, 0.29) is 0 Å². The van der Waals surface area contributed by atoms with Crippen molar-refractivity contribution in [3.63, 3.8) is 0 Å². The largest absolute Gasteiger partial charge is 0.398 e. The van der Waals surface area contributed by atoms with Crippen molar-refractivity contribution in [2.45, 2.75) is 65.2 Å². The van der Waals surface area contributed by atoms with E-state index >= 15 is 0 Å². The Bertz CT molecular complexity index is 1080. The number of para-hydroxylation sites is 2. The van der Waals surface area contributed by atoms with Crippen molar-refractivity contribution in [1.29, 1.82) is 0 Å². The van der Waals surface area contributed by atoms with Crippen LogP contribution in [0.4, 0.5) is 11.4 Å². The summed E-state index contributed by atoms with van der Waals surface area (Å²) >= 11 is 0. The van der Waals surface area contributed by atoms with E-state index in [9.17, 15) is 8.42 Å². The number of nitrogens with two attached hydrogens (primary N) is 1. The van der Waals surface area contributed by atoms with Crippen molar-refractivity contribution < 1.29 is 8.42 Å². The van der Waals surface area contributed by atoms with Gasteiger partial charge in [0, 0.05) is 5.69 Å². The zero-order valence-corrected chi connectivity index (χ0v) is 20.7. The van der Waals surface area contributed by atoms with Crippen molar-refractivity contribution in [2.24, 2.45) is 0 Å². The SMILES string of the molecule is CCc1cccc(CC)c1N.CCc1cccc(CC)c1NS(=O)(=O)c1ccc(C)cc1. The Hall–Kier alpha value is -2.79. The Morgan fingerprint density at radius 3 is 1.50 bits per heavy atom. The first-order chi connectivity index (χ1) is 15.3. The lowest BCUT2D eigenvalue weighted by atomic mass is 10.0. The molecule has 0 saturated heterocycles. The van der Waals surface area contributed by atoms with Crippen LogP contribution in [0.15, 0.2) is 65.6 Å². The molecular formula is C27H36N2O2S. The Balaban J connectivity index is 0.000000278. The van der Waals surface area contributed by atoms with Crippen LogP contribution in [-0.2, 0) is 35.7 Å². The summed E-state index contributed by atoms with van der Waals surface area (Å²) in [4.78, 5) is 0.293. The van der Waals surface area contributed by atoms with Gasteiger partial charge in [-0.2, -0.15) is 0 Å². The van der Waals surface area contributed by atoms with E-state index in [4.69, 9.17) is 5.73 Å². The topological polar surface area (TPSA) is 72.2 Å². The van der Waals surface area contributed by atoms with Gasteiger partial charge >= 0.3 is 0 Å². The zero-order valence-electron chi connectivity index (χ0n) is 19.9. The molecule has 172 valence electrons. The molecule has 0 aromatic heterocycles. The highest BCUT2D eigenvalue weighted by molar-refractivity contribution is 7.92. The minimum absolute atomic E-state index is 0.293. The molecule has 0 aliphatic heterocycles. The number of sulfonamides is 1. The molecule has 0 unspecified atom stereocenters. The molecule has 3 aromatic rings. The maximum absolute atomic E-state index is 12.5. The van der Waals surface area contributed by atoms with Gasteiger partial charge in [-0.25, -0.2) is 8.42 Å². The van der Waals surface area contributed by atoms with Gasteiger partial charge in [0.1, 0.15) is 0 Å². The third-order valence-corrected chi connectivity index (χ3v) is 6.98. The number of hydrogen-bond donors (Lipinski definition) is 2. The summed E-state index contributed by atoms with van der Waals surface area (Å²) in [5.41, 5.74) is 13.2. The maximum Gasteiger partial charge on any atom is 0.261 e. The number of rotatable bonds is 7. The van der Waals surface area contributed by atoms with Crippen LogP contribution >= 0.6 is 0 Å². The highest BCUT2D eigenvalue weighted by Crippen LogP contribution is 2.26. The van der Waals surface area contributed by atoms with E-state index in [1.165, 1.54) is 11.1 Å². The molecule has 3 rings (SSSR count). The third kappa shape index (κ3) is 6.36. The van der Waals surface area contributed by atoms with Crippen LogP contribution in [0.1, 0.15) is 55.5 Å². The van der Waals surface area contributed by atoms with E-state index < -0.39 is 10.0 Å². The summed E-state index contributed by atoms with van der Waals surface area (Å²) in [6, 6.07) is 19.0. The van der Waals surface area contributed by atoms with Crippen LogP contribution in [0.2, 0.25) is 0 Å². The maximum atomic E-state index is 12.5. The van der Waals surface area contributed by atoms with Crippen molar-refractivity contribution >= 4 is 21.4 Å². The molecule has 3 N–H and O–H groups in total. The normalized spacial score (nSPS) is 10.9. The summed E-state index contributed by atoms with van der Waals surface area (Å²) in [5.74, 6) is 0. The average molecular weight is 453 g/mol. The number of nitrogens with one attached hydrogen (secondary N) is 1. The Morgan fingerprint density at radius 1 is 0.688 bits per heavy atom. The number of hydrogen-bond acceptors (Lipinski definition) is 3. The first-order valence-electron chi connectivity index (χ1n) is 11.3. The van der Waals surface area contributed by atoms with E-state index in [1.54, 1.807) is 24.3 Å². The first-order valence-corrected chi connectivity index (χ1v) is 12.8. The molecule has 0 bridgehead atoms. The summed E-state index contributed by atoms with van der Waals surface area (Å²) in [7, 11) is -3.55. The summed E-state index contributed by atoms with van der Waals surface area (Å²) in [6.45, 7) is 10.2. The summed E-state index contributed by atoms with van der Waals surface area (Å²) in [6.07, 6.45) is 3.64. The molecule has 4 nitrogen and oxygen atoms in total. The fraction of sp³-hybridized carbons (Fsp3) is 0.333. The van der Waals surface area contributed by atoms with Gasteiger partial charge in [0.05, 0.1) is 10.6 Å².